The maximum Gasteiger partial charge on any atom is 0.269 e. The van der Waals surface area contributed by atoms with Crippen LogP contribution in [0.3, 0.4) is 0 Å². The highest BCUT2D eigenvalue weighted by atomic mass is 35.6. The van der Waals surface area contributed by atoms with Gasteiger partial charge < -0.3 is 24.4 Å². The zero-order valence-corrected chi connectivity index (χ0v) is 54.5. The molecule has 0 spiro atoms. The van der Waals surface area contributed by atoms with Gasteiger partial charge in [0, 0.05) is 11.1 Å². The fourth-order valence-electron chi connectivity index (χ4n) is 6.70. The summed E-state index contributed by atoms with van der Waals surface area (Å²) >= 11 is 18.8. The number of Topliss-reactive ketones (excluding diaryl/α,β-unsaturated/α-hetero) is 1. The number of aliphatic hydroxyl groups excluding tert-OH is 1. The summed E-state index contributed by atoms with van der Waals surface area (Å²) < 4.78 is 13.0. The van der Waals surface area contributed by atoms with Crippen molar-refractivity contribution < 1.29 is 38.2 Å². The molecule has 0 aliphatic carbocycles. The standard InChI is InChI=1S/C33H49ClN2O4Si2.C20H20ClN3O4.C6H15ClSi/c1-22-24(17-18-28(35-9)30(22)34)20-27(23(2)39-41(10,11)32(3,4)5)31(38)36-21-29(37)25-15-14-16-26(19-25)40-42(12,13)33(6,7)8;1-11-13(7-8-17(22-3)18(11)21)10-16(12(2)25)20(28)24-23-19(27)14-5-4-6-15(26)9-14;1-6(2,3)8(4,5)7/h14-19,23,27H,20-21H2,1-8,10-13H3,(H,36,38);4-9,12,16,25-26H,10H2,1-2H3,(H,23,27)(H,24,28);1-5H3/t23-,27-;12-,16-;/m11./s1. The number of aromatic hydroxyl groups is 1. The van der Waals surface area contributed by atoms with E-state index in [9.17, 15) is 29.4 Å². The van der Waals surface area contributed by atoms with Gasteiger partial charge in [-0.3, -0.25) is 30.0 Å². The van der Waals surface area contributed by atoms with E-state index in [0.29, 0.717) is 49.8 Å². The molecule has 5 N–H and O–H groups in total. The van der Waals surface area contributed by atoms with Crippen LogP contribution in [-0.2, 0) is 26.9 Å². The summed E-state index contributed by atoms with van der Waals surface area (Å²) in [5.41, 5.74) is 8.96. The van der Waals surface area contributed by atoms with E-state index in [0.717, 1.165) is 16.7 Å². The number of hydrogen-bond donors (Lipinski definition) is 5. The van der Waals surface area contributed by atoms with Crippen molar-refractivity contribution in [2.45, 2.75) is 169 Å². The SMILES string of the molecule is CC(C)(C)[Si](C)(C)Cl.[C-]#[N+]c1ccc(C[C@@H](C(=O)NCC(=O)c2cccc(O[Si](C)(C)C(C)(C)C)c2)[C@@H](C)O[Si](C)(C)C(C)(C)C)c(C)c1Cl.[C-]#[N+]c1ccc(C[C@@H](C(=O)NNC(=O)c2cccc(O)c2)[C@@H](C)O)c(C)c1Cl. The van der Waals surface area contributed by atoms with Crippen LogP contribution < -0.4 is 20.6 Å². The zero-order valence-electron chi connectivity index (χ0n) is 49.2. The van der Waals surface area contributed by atoms with Crippen molar-refractivity contribution in [2.75, 3.05) is 6.54 Å². The van der Waals surface area contributed by atoms with Gasteiger partial charge in [0.1, 0.15) is 11.5 Å². The molecule has 0 bridgehead atoms. The first-order valence-electron chi connectivity index (χ1n) is 26.0. The van der Waals surface area contributed by atoms with Crippen LogP contribution in [0.5, 0.6) is 11.5 Å². The number of benzene rings is 4. The highest BCUT2D eigenvalue weighted by Gasteiger charge is 2.42. The normalized spacial score (nSPS) is 13.6. The molecule has 0 aromatic heterocycles. The van der Waals surface area contributed by atoms with E-state index in [2.05, 4.69) is 127 Å². The van der Waals surface area contributed by atoms with Crippen LogP contribution in [0.2, 0.25) is 64.4 Å². The van der Waals surface area contributed by atoms with Crippen molar-refractivity contribution in [1.82, 2.24) is 16.2 Å². The molecule has 0 saturated carbocycles. The third-order valence-corrected chi connectivity index (χ3v) is 30.3. The summed E-state index contributed by atoms with van der Waals surface area (Å²) in [6, 6.07) is 19.7. The minimum atomic E-state index is -2.19. The van der Waals surface area contributed by atoms with E-state index >= 15 is 0 Å². The van der Waals surface area contributed by atoms with Crippen LogP contribution in [0.15, 0.2) is 72.8 Å². The number of halogens is 3. The lowest BCUT2D eigenvalue weighted by molar-refractivity contribution is -0.129. The number of phenolic OH excluding ortho intramolecular Hbond substituents is 1. The summed E-state index contributed by atoms with van der Waals surface area (Å²) in [6.45, 7) is 53.9. The molecular weight excluding hydrogens is 1100 g/mol. The molecule has 0 fully saturated rings. The van der Waals surface area contributed by atoms with Crippen LogP contribution in [0, 0.1) is 38.8 Å². The Bertz CT molecular complexity index is 2830. The minimum Gasteiger partial charge on any atom is -0.543 e. The van der Waals surface area contributed by atoms with Gasteiger partial charge in [-0.2, -0.15) is 11.1 Å². The van der Waals surface area contributed by atoms with Crippen molar-refractivity contribution in [2.24, 2.45) is 11.8 Å². The van der Waals surface area contributed by atoms with E-state index in [4.69, 9.17) is 56.3 Å². The van der Waals surface area contributed by atoms with Crippen molar-refractivity contribution in [3.8, 4) is 11.5 Å². The lowest BCUT2D eigenvalue weighted by atomic mass is 9.91. The van der Waals surface area contributed by atoms with E-state index in [-0.39, 0.29) is 46.0 Å². The molecule has 4 rings (SSSR count). The number of hydrogen-bond acceptors (Lipinski definition) is 8. The molecular formula is C59H84Cl3N5O8Si3. The van der Waals surface area contributed by atoms with Crippen molar-refractivity contribution in [3.05, 3.63) is 139 Å². The molecule has 13 nitrogen and oxygen atoms in total. The van der Waals surface area contributed by atoms with Gasteiger partial charge in [0.15, 0.2) is 21.5 Å². The second kappa shape index (κ2) is 28.4. The van der Waals surface area contributed by atoms with Crippen LogP contribution in [0.1, 0.15) is 119 Å². The Morgan fingerprint density at radius 3 is 1.55 bits per heavy atom. The highest BCUT2D eigenvalue weighted by Crippen LogP contribution is 2.41. The van der Waals surface area contributed by atoms with Crippen molar-refractivity contribution in [3.63, 3.8) is 0 Å². The summed E-state index contributed by atoms with van der Waals surface area (Å²) in [5.74, 6) is -2.44. The molecule has 19 heteroatoms. The minimum absolute atomic E-state index is 0.0258. The average molecular weight is 1180 g/mol. The molecule has 0 heterocycles. The molecule has 0 aliphatic heterocycles. The number of aliphatic hydroxyl groups is 1. The van der Waals surface area contributed by atoms with Crippen molar-refractivity contribution in [1.29, 1.82) is 0 Å². The Kier molecular flexibility index (Phi) is 25.2. The maximum absolute atomic E-state index is 13.7. The zero-order chi connectivity index (χ0) is 60.1. The highest BCUT2D eigenvalue weighted by molar-refractivity contribution is 7.20. The summed E-state index contributed by atoms with van der Waals surface area (Å²) in [5, 5.41) is 23.4. The number of amides is 3. The van der Waals surface area contributed by atoms with Gasteiger partial charge in [-0.05, 0) is 134 Å². The lowest BCUT2D eigenvalue weighted by Gasteiger charge is -2.40. The molecule has 0 unspecified atom stereocenters. The molecule has 3 amide bonds. The number of ketones is 1. The molecule has 426 valence electrons. The number of rotatable bonds is 16. The number of carbonyl (C=O) groups is 4. The Morgan fingerprint density at radius 2 is 1.12 bits per heavy atom. The van der Waals surface area contributed by atoms with Crippen LogP contribution in [-0.4, -0.2) is 76.5 Å². The fourth-order valence-corrected chi connectivity index (χ4v) is 9.62. The monoisotopic (exact) mass is 1180 g/mol. The predicted molar refractivity (Wildman–Crippen MR) is 327 cm³/mol. The van der Waals surface area contributed by atoms with Crippen LogP contribution >= 0.6 is 34.3 Å². The topological polar surface area (TPSA) is 172 Å². The van der Waals surface area contributed by atoms with E-state index < -0.39 is 59.9 Å². The summed E-state index contributed by atoms with van der Waals surface area (Å²) in [6.07, 6.45) is -0.845. The smallest absolute Gasteiger partial charge is 0.269 e. The van der Waals surface area contributed by atoms with Gasteiger partial charge in [0.05, 0.1) is 53.8 Å². The maximum atomic E-state index is 13.7. The van der Waals surface area contributed by atoms with E-state index in [1.165, 1.54) is 31.2 Å². The number of nitrogens with one attached hydrogen (secondary N) is 3. The van der Waals surface area contributed by atoms with Gasteiger partial charge in [-0.25, -0.2) is 9.69 Å². The fraction of sp³-hybridized carbons (Fsp3) is 0.492. The molecule has 0 radical (unpaired) electrons. The van der Waals surface area contributed by atoms with Crippen LogP contribution in [0.25, 0.3) is 9.69 Å². The number of nitrogens with zero attached hydrogens (tertiary/aromatic N) is 2. The number of carbonyl (C=O) groups excluding carboxylic acids is 4. The van der Waals surface area contributed by atoms with E-state index in [1.54, 1.807) is 37.3 Å². The average Bonchev–Trinajstić information content (AvgIpc) is 3.32. The predicted octanol–water partition coefficient (Wildman–Crippen LogP) is 15.3. The quantitative estimate of drug-likeness (QED) is 0.0242. The Balaban J connectivity index is 0.000000494. The third-order valence-electron chi connectivity index (χ3n) is 15.1. The molecule has 78 heavy (non-hydrogen) atoms. The second-order valence-electron chi connectivity index (χ2n) is 24.3. The first-order chi connectivity index (χ1) is 35.6. The van der Waals surface area contributed by atoms with Gasteiger partial charge in [0.25, 0.3) is 5.91 Å². The number of phenols is 1. The lowest BCUT2D eigenvalue weighted by Crippen LogP contribution is -2.48. The summed E-state index contributed by atoms with van der Waals surface area (Å²) in [7, 11) is -5.65. The van der Waals surface area contributed by atoms with Crippen LogP contribution in [0.4, 0.5) is 11.4 Å². The molecule has 4 aromatic rings. The third kappa shape index (κ3) is 20.0. The van der Waals surface area contributed by atoms with Gasteiger partial charge in [-0.15, -0.1) is 0 Å². The first-order valence-corrected chi connectivity index (χ1v) is 36.5. The Morgan fingerprint density at radius 1 is 0.654 bits per heavy atom. The van der Waals surface area contributed by atoms with Gasteiger partial charge >= 0.3 is 0 Å². The molecule has 4 atom stereocenters. The second-order valence-corrected chi connectivity index (χ2v) is 41.8. The summed E-state index contributed by atoms with van der Waals surface area (Å²) in [4.78, 5) is 58.3. The number of hydrazine groups is 1. The first kappa shape index (κ1) is 69.1. The van der Waals surface area contributed by atoms with Gasteiger partial charge in [-0.1, -0.05) is 141 Å². The molecule has 0 saturated heterocycles. The largest absolute Gasteiger partial charge is 0.543 e. The molecule has 0 aliphatic rings. The molecule has 4 aromatic carbocycles. The van der Waals surface area contributed by atoms with Crippen molar-refractivity contribution >= 4 is 93.2 Å². The van der Waals surface area contributed by atoms with Gasteiger partial charge in [0.2, 0.25) is 31.5 Å². The Labute approximate surface area is 483 Å². The van der Waals surface area contributed by atoms with E-state index in [1.807, 2.05) is 32.0 Å². The Hall–Kier alpha value is -5.02.